The molecular weight excluding hydrogens is 814 g/mol. The Balaban J connectivity index is 0.000000276. The fourth-order valence-corrected chi connectivity index (χ4v) is 9.66. The lowest BCUT2D eigenvalue weighted by atomic mass is 9.86. The predicted molar refractivity (Wildman–Crippen MR) is 243 cm³/mol. The van der Waals surface area contributed by atoms with Gasteiger partial charge in [-0.3, -0.25) is 19.2 Å². The molecule has 0 bridgehead atoms. The predicted octanol–water partition coefficient (Wildman–Crippen LogP) is 9.37. The number of aryl methyl sites for hydroxylation is 1. The van der Waals surface area contributed by atoms with Crippen molar-refractivity contribution >= 4 is 56.7 Å². The number of rotatable bonds is 22. The average molecular weight is 879 g/mol. The summed E-state index contributed by atoms with van der Waals surface area (Å²) >= 11 is 8.14. The molecule has 6 atom stereocenters. The van der Waals surface area contributed by atoms with Crippen LogP contribution in [0.4, 0.5) is 0 Å². The number of aliphatic hydroxyl groups excluding tert-OH is 3. The van der Waals surface area contributed by atoms with E-state index in [4.69, 9.17) is 21.8 Å². The fraction of sp³-hybridized carbons (Fsp3) is 0.510. The van der Waals surface area contributed by atoms with Gasteiger partial charge in [0.2, 0.25) is 5.91 Å². The molecule has 2 aromatic carbocycles. The van der Waals surface area contributed by atoms with E-state index in [9.17, 15) is 34.5 Å². The van der Waals surface area contributed by atoms with Crippen LogP contribution in [0.3, 0.4) is 0 Å². The molecule has 0 spiro atoms. The van der Waals surface area contributed by atoms with Crippen molar-refractivity contribution in [3.8, 4) is 0 Å². The van der Waals surface area contributed by atoms with Crippen LogP contribution in [0.25, 0.3) is 10.1 Å². The van der Waals surface area contributed by atoms with Crippen LogP contribution >= 0.6 is 22.9 Å². The highest BCUT2D eigenvalue weighted by atomic mass is 35.5. The van der Waals surface area contributed by atoms with Gasteiger partial charge in [0, 0.05) is 59.0 Å². The van der Waals surface area contributed by atoms with Gasteiger partial charge in [-0.25, -0.2) is 0 Å². The third-order valence-corrected chi connectivity index (χ3v) is 13.5. The maximum Gasteiger partial charge on any atom is 0.303 e. The normalized spacial score (nSPS) is 21.4. The Morgan fingerprint density at radius 2 is 1.56 bits per heavy atom. The van der Waals surface area contributed by atoms with Gasteiger partial charge in [-0.05, 0) is 69.4 Å². The number of fused-ring (bicyclic) bond motifs is 1. The maximum absolute atomic E-state index is 13.0. The number of ketones is 1. The quantitative estimate of drug-likeness (QED) is 0.0487. The van der Waals surface area contributed by atoms with Crippen molar-refractivity contribution in [3.63, 3.8) is 0 Å². The molecule has 3 aromatic rings. The van der Waals surface area contributed by atoms with Crippen LogP contribution < -0.4 is 0 Å². The van der Waals surface area contributed by atoms with Crippen LogP contribution in [-0.2, 0) is 32.0 Å². The summed E-state index contributed by atoms with van der Waals surface area (Å²) in [6.45, 7) is 4.23. The molecule has 0 radical (unpaired) electrons. The van der Waals surface area contributed by atoms with Crippen molar-refractivity contribution in [1.82, 2.24) is 4.90 Å². The first-order valence-electron chi connectivity index (χ1n) is 21.7. The lowest BCUT2D eigenvalue weighted by Crippen LogP contribution is -2.43. The van der Waals surface area contributed by atoms with Gasteiger partial charge in [-0.15, -0.1) is 11.3 Å². The monoisotopic (exact) mass is 877 g/mol. The number of hydrogen-bond donors (Lipinski definition) is 5. The topological polar surface area (TPSA) is 173 Å². The summed E-state index contributed by atoms with van der Waals surface area (Å²) in [5.74, 6) is -2.13. The molecule has 12 heteroatoms. The Morgan fingerprint density at radius 1 is 0.885 bits per heavy atom. The van der Waals surface area contributed by atoms with Crippen LogP contribution in [-0.4, -0.2) is 85.0 Å². The zero-order valence-electron chi connectivity index (χ0n) is 35.5. The van der Waals surface area contributed by atoms with Gasteiger partial charge in [0.05, 0.1) is 34.8 Å². The van der Waals surface area contributed by atoms with Crippen molar-refractivity contribution in [2.45, 2.75) is 135 Å². The minimum Gasteiger partial charge on any atom is -0.481 e. The molecular formula is C49H64ClNO9S. The van der Waals surface area contributed by atoms with Crippen molar-refractivity contribution in [2.24, 2.45) is 17.3 Å². The number of nitrogens with zero attached hydrogens (tertiary/aromatic N) is 1. The van der Waals surface area contributed by atoms with Crippen molar-refractivity contribution in [2.75, 3.05) is 6.54 Å². The fourth-order valence-electron chi connectivity index (χ4n) is 8.12. The van der Waals surface area contributed by atoms with E-state index < -0.39 is 35.7 Å². The lowest BCUT2D eigenvalue weighted by Gasteiger charge is -2.34. The summed E-state index contributed by atoms with van der Waals surface area (Å²) in [5.41, 5.74) is 0.236. The van der Waals surface area contributed by atoms with E-state index in [2.05, 4.69) is 0 Å². The number of amides is 1. The second-order valence-corrected chi connectivity index (χ2v) is 18.3. The molecule has 5 N–H and O–H groups in total. The second kappa shape index (κ2) is 25.1. The van der Waals surface area contributed by atoms with Crippen molar-refractivity contribution in [1.29, 1.82) is 0 Å². The first-order chi connectivity index (χ1) is 29.2. The highest BCUT2D eigenvalue weighted by molar-refractivity contribution is 7.19. The van der Waals surface area contributed by atoms with Gasteiger partial charge in [-0.2, -0.15) is 0 Å². The number of halogens is 1. The Bertz CT molecular complexity index is 1960. The standard InChI is InChI=1S/C27H33ClO5S.C22H31NO4/c1-27(2)25(32)18(9-5-3-4-6-12-23(30)31)19(26(27)33)15-13-17(29)14-16-22-24(28)20-10-7-8-11-21(20)34-22;24-20(17-18-9-4-3-5-10-18)15-14-19-11-8-12-21(25)23(19)16-7-2-1-6-13-22(26)27/h3,5,7-8,10-11,13,15,17-19,26,29,33H,4,6,9,12,14,16H2,1-2H3,(H,30,31);3-5,9-10,14-15,19-20,24H,1-2,6-8,11-13,16-17H2,(H,26,27)/b5-3-,15-13+;15-14+/t17?,18-,19-,26+;19-,20?/m11/s1. The van der Waals surface area contributed by atoms with Crippen LogP contribution in [0.1, 0.15) is 108 Å². The van der Waals surface area contributed by atoms with Crippen LogP contribution in [0, 0.1) is 17.3 Å². The van der Waals surface area contributed by atoms with Gasteiger partial charge in [0.25, 0.3) is 0 Å². The maximum atomic E-state index is 13.0. The van der Waals surface area contributed by atoms with Gasteiger partial charge in [-0.1, -0.05) is 123 Å². The largest absolute Gasteiger partial charge is 0.481 e. The molecule has 10 nitrogen and oxygen atoms in total. The number of aliphatic carboxylic acids is 2. The molecule has 1 aliphatic heterocycles. The zero-order chi connectivity index (χ0) is 44.4. The summed E-state index contributed by atoms with van der Waals surface area (Å²) in [6.07, 6.45) is 18.5. The molecule has 2 fully saturated rings. The van der Waals surface area contributed by atoms with Gasteiger partial charge < -0.3 is 30.4 Å². The number of hydrogen-bond acceptors (Lipinski definition) is 8. The zero-order valence-corrected chi connectivity index (χ0v) is 37.1. The number of thiophene rings is 1. The van der Waals surface area contributed by atoms with Crippen LogP contribution in [0.15, 0.2) is 91.1 Å². The highest BCUT2D eigenvalue weighted by Gasteiger charge is 2.52. The summed E-state index contributed by atoms with van der Waals surface area (Å²) in [5, 5.41) is 50.8. The number of likely N-dealkylation sites (tertiary alicyclic amines) is 1. The molecule has 1 amide bonds. The van der Waals surface area contributed by atoms with Gasteiger partial charge in [0.1, 0.15) is 5.78 Å². The van der Waals surface area contributed by atoms with E-state index >= 15 is 0 Å². The Labute approximate surface area is 369 Å². The minimum absolute atomic E-state index is 0.0105. The SMILES string of the molecule is CC1(C)C(=O)[C@H](C/C=C\CCCC(=O)O)[C@@H](/C=C/C(O)CCc2sc3ccccc3c2Cl)[C@@H]1O.O=C(O)CCCCCCN1C(=O)CCC[C@@H]1/C=C/C(O)Cc1ccccc1. The number of carboxylic acids is 2. The molecule has 2 unspecified atom stereocenters. The highest BCUT2D eigenvalue weighted by Crippen LogP contribution is 2.45. The summed E-state index contributed by atoms with van der Waals surface area (Å²) in [4.78, 5) is 49.4. The van der Waals surface area contributed by atoms with Crippen molar-refractivity contribution < 1.29 is 44.7 Å². The number of Topliss-reactive ketones (excluding diaryl/α,β-unsaturated/α-hetero) is 1. The Hall–Kier alpha value is -4.13. The lowest BCUT2D eigenvalue weighted by molar-refractivity contribution is -0.138. The van der Waals surface area contributed by atoms with E-state index in [1.807, 2.05) is 83.8 Å². The summed E-state index contributed by atoms with van der Waals surface area (Å²) in [6, 6.07) is 17.9. The number of aliphatic hydroxyl groups is 3. The Morgan fingerprint density at radius 3 is 2.28 bits per heavy atom. The van der Waals surface area contributed by atoms with E-state index in [1.165, 1.54) is 0 Å². The first kappa shape index (κ1) is 49.5. The smallest absolute Gasteiger partial charge is 0.303 e. The molecule has 332 valence electrons. The average Bonchev–Trinajstić information content (AvgIpc) is 3.63. The molecule has 61 heavy (non-hydrogen) atoms. The van der Waals surface area contributed by atoms with Crippen LogP contribution in [0.2, 0.25) is 5.02 Å². The van der Waals surface area contributed by atoms with Crippen LogP contribution in [0.5, 0.6) is 0 Å². The number of benzene rings is 2. The number of carbonyl (C=O) groups is 4. The van der Waals surface area contributed by atoms with Gasteiger partial charge in [0.15, 0.2) is 0 Å². The Kier molecular flexibility index (Phi) is 20.4. The minimum atomic E-state index is -0.855. The number of piperidine rings is 1. The molecule has 2 heterocycles. The van der Waals surface area contributed by atoms with E-state index in [0.717, 1.165) is 57.7 Å². The van der Waals surface area contributed by atoms with E-state index in [-0.39, 0.29) is 42.4 Å². The number of unbranched alkanes of at least 4 members (excludes halogenated alkanes) is 4. The third kappa shape index (κ3) is 15.6. The molecule has 1 saturated heterocycles. The first-order valence-corrected chi connectivity index (χ1v) is 22.9. The van der Waals surface area contributed by atoms with Gasteiger partial charge >= 0.3 is 11.9 Å². The number of carbonyl (C=O) groups excluding carboxylic acids is 2. The molecule has 1 aliphatic carbocycles. The molecule has 5 rings (SSSR count). The number of carboxylic acid groups (broad SMARTS) is 2. The molecule has 1 saturated carbocycles. The molecule has 1 aromatic heterocycles. The number of allylic oxidation sites excluding steroid dienone is 2. The second-order valence-electron chi connectivity index (χ2n) is 16.8. The van der Waals surface area contributed by atoms with E-state index in [1.54, 1.807) is 37.3 Å². The summed E-state index contributed by atoms with van der Waals surface area (Å²) in [7, 11) is 0. The third-order valence-electron chi connectivity index (χ3n) is 11.7. The van der Waals surface area contributed by atoms with E-state index in [0.29, 0.717) is 57.9 Å². The molecule has 2 aliphatic rings. The van der Waals surface area contributed by atoms with Crippen molar-refractivity contribution in [3.05, 3.63) is 107 Å². The summed E-state index contributed by atoms with van der Waals surface area (Å²) < 4.78 is 1.13.